The van der Waals surface area contributed by atoms with Crippen molar-refractivity contribution in [3.8, 4) is 0 Å². The molecule has 0 saturated heterocycles. The molecule has 0 aromatic heterocycles. The fraction of sp³-hybridized carbons (Fsp3) is 0.273. The highest BCUT2D eigenvalue weighted by atomic mass is 19.1. The molecule has 0 aliphatic heterocycles. The summed E-state index contributed by atoms with van der Waals surface area (Å²) in [5.41, 5.74) is 0.443. The van der Waals surface area contributed by atoms with Crippen LogP contribution >= 0.6 is 0 Å². The van der Waals surface area contributed by atoms with Crippen LogP contribution in [0.4, 0.5) is 4.39 Å². The minimum absolute atomic E-state index is 0.0662. The number of hydrogen-bond acceptors (Lipinski definition) is 4. The van der Waals surface area contributed by atoms with Crippen LogP contribution in [0, 0.1) is 11.2 Å². The van der Waals surface area contributed by atoms with Crippen LogP contribution in [0.2, 0.25) is 0 Å². The van der Waals surface area contributed by atoms with Crippen molar-refractivity contribution in [2.45, 2.75) is 6.42 Å². The summed E-state index contributed by atoms with van der Waals surface area (Å²) in [6.07, 6.45) is -0.144. The maximum Gasteiger partial charge on any atom is 0.310 e. The van der Waals surface area contributed by atoms with Gasteiger partial charge in [-0.15, -0.1) is 0 Å². The molecule has 0 fully saturated rings. The summed E-state index contributed by atoms with van der Waals surface area (Å²) in [6, 6.07) is 4.02. The summed E-state index contributed by atoms with van der Waals surface area (Å²) in [5, 5.41) is 16.0. The van der Waals surface area contributed by atoms with E-state index in [-0.39, 0.29) is 17.7 Å². The molecule has 2 N–H and O–H groups in total. The molecule has 0 aliphatic carbocycles. The molecular weight excluding hydrogens is 213 g/mol. The topological polar surface area (TPSA) is 70.4 Å². The van der Waals surface area contributed by atoms with Gasteiger partial charge in [0.05, 0.1) is 25.8 Å². The fourth-order valence-electron chi connectivity index (χ4n) is 1.20. The standard InChI is InChI=1S/C11H12FNO3/c1-16-11(15)5-7-2-3-8(4-9(7)12)10(13)6-14/h2-4,13-14H,5-6H2,1H3. The fourth-order valence-corrected chi connectivity index (χ4v) is 1.20. The molecule has 0 aliphatic rings. The van der Waals surface area contributed by atoms with E-state index in [1.807, 2.05) is 0 Å². The van der Waals surface area contributed by atoms with Gasteiger partial charge in [0.15, 0.2) is 0 Å². The third-order valence-corrected chi connectivity index (χ3v) is 2.12. The number of aliphatic hydroxyl groups is 1. The first-order chi connectivity index (χ1) is 7.58. The molecule has 1 aromatic rings. The van der Waals surface area contributed by atoms with E-state index >= 15 is 0 Å². The number of aliphatic hydroxyl groups excluding tert-OH is 1. The Morgan fingerprint density at radius 1 is 1.56 bits per heavy atom. The van der Waals surface area contributed by atoms with Crippen LogP contribution in [0.5, 0.6) is 0 Å². The first-order valence-electron chi connectivity index (χ1n) is 4.62. The van der Waals surface area contributed by atoms with Gasteiger partial charge in [-0.1, -0.05) is 12.1 Å². The van der Waals surface area contributed by atoms with Gasteiger partial charge in [-0.05, 0) is 11.6 Å². The first kappa shape index (κ1) is 12.3. The van der Waals surface area contributed by atoms with E-state index in [4.69, 9.17) is 10.5 Å². The smallest absolute Gasteiger partial charge is 0.310 e. The molecule has 86 valence electrons. The third-order valence-electron chi connectivity index (χ3n) is 2.12. The van der Waals surface area contributed by atoms with Crippen LogP contribution in [0.25, 0.3) is 0 Å². The number of nitrogens with one attached hydrogen (secondary N) is 1. The predicted octanol–water partition coefficient (Wildman–Crippen LogP) is 0.901. The molecule has 0 spiro atoms. The van der Waals surface area contributed by atoms with E-state index in [0.29, 0.717) is 5.56 Å². The lowest BCUT2D eigenvalue weighted by Gasteiger charge is -2.05. The molecule has 0 atom stereocenters. The van der Waals surface area contributed by atoms with Crippen LogP contribution in [0.1, 0.15) is 11.1 Å². The van der Waals surface area contributed by atoms with Crippen molar-refractivity contribution < 1.29 is 19.0 Å². The van der Waals surface area contributed by atoms with Gasteiger partial charge in [-0.2, -0.15) is 0 Å². The molecule has 0 heterocycles. The molecule has 1 aromatic carbocycles. The van der Waals surface area contributed by atoms with Crippen LogP contribution in [-0.4, -0.2) is 30.5 Å². The number of ether oxygens (including phenoxy) is 1. The van der Waals surface area contributed by atoms with Crippen LogP contribution in [0.3, 0.4) is 0 Å². The summed E-state index contributed by atoms with van der Waals surface area (Å²) < 4.78 is 17.9. The van der Waals surface area contributed by atoms with Gasteiger partial charge in [0.2, 0.25) is 0 Å². The van der Waals surface area contributed by atoms with Gasteiger partial charge in [0.1, 0.15) is 5.82 Å². The summed E-state index contributed by atoms with van der Waals surface area (Å²) >= 11 is 0. The molecule has 0 amide bonds. The second-order valence-corrected chi connectivity index (χ2v) is 3.20. The van der Waals surface area contributed by atoms with Crippen LogP contribution in [0.15, 0.2) is 18.2 Å². The van der Waals surface area contributed by atoms with Gasteiger partial charge in [-0.3, -0.25) is 4.79 Å². The van der Waals surface area contributed by atoms with Crippen molar-refractivity contribution in [3.05, 3.63) is 35.1 Å². The Morgan fingerprint density at radius 2 is 2.25 bits per heavy atom. The maximum absolute atomic E-state index is 13.5. The zero-order valence-corrected chi connectivity index (χ0v) is 8.79. The minimum atomic E-state index is -0.582. The minimum Gasteiger partial charge on any atom is -0.469 e. The largest absolute Gasteiger partial charge is 0.469 e. The Balaban J connectivity index is 2.91. The van der Waals surface area contributed by atoms with E-state index in [1.54, 1.807) is 0 Å². The summed E-state index contributed by atoms with van der Waals surface area (Å²) in [7, 11) is 1.23. The van der Waals surface area contributed by atoms with Gasteiger partial charge in [0, 0.05) is 5.56 Å². The highest BCUT2D eigenvalue weighted by Crippen LogP contribution is 2.12. The van der Waals surface area contributed by atoms with Gasteiger partial charge < -0.3 is 15.3 Å². The van der Waals surface area contributed by atoms with Crippen LogP contribution in [-0.2, 0) is 16.0 Å². The Bertz CT molecular complexity index is 418. The molecule has 0 radical (unpaired) electrons. The summed E-state index contributed by atoms with van der Waals surface area (Å²) in [5.74, 6) is -1.11. The lowest BCUT2D eigenvalue weighted by atomic mass is 10.1. The second-order valence-electron chi connectivity index (χ2n) is 3.20. The third kappa shape index (κ3) is 2.87. The second kappa shape index (κ2) is 5.37. The van der Waals surface area contributed by atoms with Crippen LogP contribution < -0.4 is 0 Å². The molecule has 5 heteroatoms. The SMILES string of the molecule is COC(=O)Cc1ccc(C(=N)CO)cc1F. The lowest BCUT2D eigenvalue weighted by molar-refractivity contribution is -0.139. The number of carbonyl (C=O) groups excluding carboxylic acids is 1. The number of hydrogen-bond donors (Lipinski definition) is 2. The number of esters is 1. The van der Waals surface area contributed by atoms with Crippen molar-refractivity contribution in [2.24, 2.45) is 0 Å². The van der Waals surface area contributed by atoms with Crippen molar-refractivity contribution in [1.82, 2.24) is 0 Å². The Hall–Kier alpha value is -1.75. The Kier molecular flexibility index (Phi) is 4.13. The van der Waals surface area contributed by atoms with E-state index < -0.39 is 18.4 Å². The number of halogens is 1. The van der Waals surface area contributed by atoms with Gasteiger partial charge >= 0.3 is 5.97 Å². The van der Waals surface area contributed by atoms with Crippen molar-refractivity contribution in [3.63, 3.8) is 0 Å². The van der Waals surface area contributed by atoms with E-state index in [0.717, 1.165) is 6.07 Å². The predicted molar refractivity (Wildman–Crippen MR) is 56.0 cm³/mol. The van der Waals surface area contributed by atoms with E-state index in [2.05, 4.69) is 4.74 Å². The monoisotopic (exact) mass is 225 g/mol. The van der Waals surface area contributed by atoms with Crippen molar-refractivity contribution in [2.75, 3.05) is 13.7 Å². The van der Waals surface area contributed by atoms with E-state index in [9.17, 15) is 9.18 Å². The molecular formula is C11H12FNO3. The molecule has 4 nitrogen and oxygen atoms in total. The molecule has 0 bridgehead atoms. The maximum atomic E-state index is 13.5. The average Bonchev–Trinajstić information content (AvgIpc) is 2.30. The normalized spacial score (nSPS) is 9.94. The number of carbonyl (C=O) groups is 1. The molecule has 0 unspecified atom stereocenters. The van der Waals surface area contributed by atoms with Crippen molar-refractivity contribution in [1.29, 1.82) is 5.41 Å². The zero-order valence-electron chi connectivity index (χ0n) is 8.79. The van der Waals surface area contributed by atoms with Gasteiger partial charge in [-0.25, -0.2) is 4.39 Å². The molecule has 0 saturated carbocycles. The summed E-state index contributed by atoms with van der Waals surface area (Å²) in [6.45, 7) is -0.449. The van der Waals surface area contributed by atoms with Crippen molar-refractivity contribution >= 4 is 11.7 Å². The van der Waals surface area contributed by atoms with E-state index in [1.165, 1.54) is 19.2 Å². The zero-order chi connectivity index (χ0) is 12.1. The lowest BCUT2D eigenvalue weighted by Crippen LogP contribution is -2.09. The van der Waals surface area contributed by atoms with Gasteiger partial charge in [0.25, 0.3) is 0 Å². The number of rotatable bonds is 4. The quantitative estimate of drug-likeness (QED) is 0.590. The average molecular weight is 225 g/mol. The Labute approximate surface area is 92.2 Å². The highest BCUT2D eigenvalue weighted by molar-refractivity contribution is 5.99. The highest BCUT2D eigenvalue weighted by Gasteiger charge is 2.10. The summed E-state index contributed by atoms with van der Waals surface area (Å²) in [4.78, 5) is 10.9. The molecule has 16 heavy (non-hydrogen) atoms. The Morgan fingerprint density at radius 3 is 2.75 bits per heavy atom. The number of benzene rings is 1. The first-order valence-corrected chi connectivity index (χ1v) is 4.62. The molecule has 1 rings (SSSR count). The number of methoxy groups -OCH3 is 1.